The molecule has 0 bridgehead atoms. The maximum absolute atomic E-state index is 12.2. The molecule has 0 unspecified atom stereocenters. The molecule has 25 heavy (non-hydrogen) atoms. The van der Waals surface area contributed by atoms with Gasteiger partial charge in [-0.05, 0) is 29.8 Å². The van der Waals surface area contributed by atoms with Gasteiger partial charge in [0.05, 0.1) is 4.92 Å². The summed E-state index contributed by atoms with van der Waals surface area (Å²) in [5.74, 6) is 0.560. The average Bonchev–Trinajstić information content (AvgIpc) is 2.60. The van der Waals surface area contributed by atoms with Crippen LogP contribution < -0.4 is 9.92 Å². The molecule has 0 spiro atoms. The molecule has 0 aliphatic carbocycles. The highest BCUT2D eigenvalue weighted by Crippen LogP contribution is 2.22. The summed E-state index contributed by atoms with van der Waals surface area (Å²) >= 11 is 1.34. The Bertz CT molecular complexity index is 878. The van der Waals surface area contributed by atoms with Gasteiger partial charge in [0.1, 0.15) is 10.6 Å². The van der Waals surface area contributed by atoms with Gasteiger partial charge in [0.15, 0.2) is 5.17 Å². The van der Waals surface area contributed by atoms with Crippen LogP contribution in [0.2, 0.25) is 0 Å². The molecule has 0 fully saturated rings. The zero-order valence-corrected chi connectivity index (χ0v) is 14.8. The molecule has 0 heterocycles. The van der Waals surface area contributed by atoms with E-state index in [1.807, 2.05) is 0 Å². The van der Waals surface area contributed by atoms with Gasteiger partial charge in [0, 0.05) is 24.9 Å². The second-order valence-electron chi connectivity index (χ2n) is 4.78. The number of benzene rings is 2. The number of hydrogen-bond donors (Lipinski definition) is 1. The van der Waals surface area contributed by atoms with Gasteiger partial charge in [-0.3, -0.25) is 15.1 Å². The zero-order valence-electron chi connectivity index (χ0n) is 13.2. The number of rotatable bonds is 6. The SMILES string of the molecule is CN=C(N)SCc1ccc(S(=O)(=O)Oc2ccc([N+](=O)[O-])cc2)cc1. The number of aliphatic imine (C=N–C) groups is 1. The fraction of sp³-hybridized carbons (Fsp3) is 0.133. The third-order valence-electron chi connectivity index (χ3n) is 3.07. The van der Waals surface area contributed by atoms with Gasteiger partial charge < -0.3 is 9.92 Å². The second kappa shape index (κ2) is 7.99. The van der Waals surface area contributed by atoms with Gasteiger partial charge in [-0.15, -0.1) is 0 Å². The van der Waals surface area contributed by atoms with Crippen LogP contribution in [0.15, 0.2) is 58.4 Å². The number of nitro benzene ring substituents is 1. The quantitative estimate of drug-likeness (QED) is 0.268. The molecule has 2 aromatic carbocycles. The van der Waals surface area contributed by atoms with E-state index in [1.54, 1.807) is 19.2 Å². The van der Waals surface area contributed by atoms with Crippen LogP contribution in [0.4, 0.5) is 5.69 Å². The van der Waals surface area contributed by atoms with Crippen molar-refractivity contribution < 1.29 is 17.5 Å². The first-order valence-electron chi connectivity index (χ1n) is 6.95. The topological polar surface area (TPSA) is 125 Å². The van der Waals surface area contributed by atoms with Crippen molar-refractivity contribution in [3.63, 3.8) is 0 Å². The highest BCUT2D eigenvalue weighted by Gasteiger charge is 2.17. The largest absolute Gasteiger partial charge is 0.379 e. The Hall–Kier alpha value is -2.59. The van der Waals surface area contributed by atoms with E-state index in [-0.39, 0.29) is 16.3 Å². The van der Waals surface area contributed by atoms with Crippen molar-refractivity contribution in [3.05, 3.63) is 64.2 Å². The molecule has 0 atom stereocenters. The molecule has 8 nitrogen and oxygen atoms in total. The molecule has 10 heteroatoms. The fourth-order valence-corrected chi connectivity index (χ4v) is 3.34. The second-order valence-corrected chi connectivity index (χ2v) is 7.32. The van der Waals surface area contributed by atoms with Gasteiger partial charge in [-0.2, -0.15) is 8.42 Å². The third kappa shape index (κ3) is 5.19. The van der Waals surface area contributed by atoms with E-state index in [2.05, 4.69) is 4.99 Å². The molecular weight excluding hydrogens is 366 g/mol. The molecule has 0 aromatic heterocycles. The lowest BCUT2D eigenvalue weighted by molar-refractivity contribution is -0.384. The molecule has 2 rings (SSSR count). The maximum atomic E-state index is 12.2. The van der Waals surface area contributed by atoms with Crippen LogP contribution in [0.25, 0.3) is 0 Å². The van der Waals surface area contributed by atoms with E-state index in [0.717, 1.165) is 5.56 Å². The summed E-state index contributed by atoms with van der Waals surface area (Å²) in [6.45, 7) is 0. The van der Waals surface area contributed by atoms with Crippen molar-refractivity contribution in [1.29, 1.82) is 0 Å². The maximum Gasteiger partial charge on any atom is 0.339 e. The summed E-state index contributed by atoms with van der Waals surface area (Å²) in [6.07, 6.45) is 0. The highest BCUT2D eigenvalue weighted by atomic mass is 32.2. The van der Waals surface area contributed by atoms with Gasteiger partial charge >= 0.3 is 10.1 Å². The fourth-order valence-electron chi connectivity index (χ4n) is 1.77. The van der Waals surface area contributed by atoms with Gasteiger partial charge in [-0.25, -0.2) is 0 Å². The zero-order chi connectivity index (χ0) is 18.4. The number of thioether (sulfide) groups is 1. The van der Waals surface area contributed by atoms with Crippen molar-refractivity contribution in [2.75, 3.05) is 7.05 Å². The molecule has 0 radical (unpaired) electrons. The molecule has 2 N–H and O–H groups in total. The Labute approximate surface area is 149 Å². The van der Waals surface area contributed by atoms with Gasteiger partial charge in [0.25, 0.3) is 5.69 Å². The predicted molar refractivity (Wildman–Crippen MR) is 96.2 cm³/mol. The number of hydrogen-bond acceptors (Lipinski definition) is 7. The third-order valence-corrected chi connectivity index (χ3v) is 5.29. The summed E-state index contributed by atoms with van der Waals surface area (Å²) < 4.78 is 29.5. The lowest BCUT2D eigenvalue weighted by atomic mass is 10.2. The van der Waals surface area contributed by atoms with E-state index in [0.29, 0.717) is 10.9 Å². The molecule has 0 saturated heterocycles. The van der Waals surface area contributed by atoms with E-state index >= 15 is 0 Å². The molecule has 2 aromatic rings. The minimum atomic E-state index is -4.02. The molecule has 0 amide bonds. The predicted octanol–water partition coefficient (Wildman–Crippen LogP) is 2.54. The minimum absolute atomic E-state index is 0.00263. The minimum Gasteiger partial charge on any atom is -0.379 e. The summed E-state index contributed by atoms with van der Waals surface area (Å²) in [5, 5.41) is 11.0. The van der Waals surface area contributed by atoms with Crippen LogP contribution in [0.3, 0.4) is 0 Å². The Kier molecular flexibility index (Phi) is 5.99. The molecule has 132 valence electrons. The monoisotopic (exact) mass is 381 g/mol. The number of nitrogens with two attached hydrogens (primary N) is 1. The lowest BCUT2D eigenvalue weighted by Gasteiger charge is -2.08. The molecule has 0 aliphatic rings. The summed E-state index contributed by atoms with van der Waals surface area (Å²) in [5.41, 5.74) is 6.32. The van der Waals surface area contributed by atoms with E-state index in [1.165, 1.54) is 48.2 Å². The Morgan fingerprint density at radius 1 is 1.20 bits per heavy atom. The first-order chi connectivity index (χ1) is 11.8. The standard InChI is InChI=1S/C15H15N3O5S2/c1-17-15(16)24-10-11-2-8-14(9-3-11)25(21,22)23-13-6-4-12(5-7-13)18(19)20/h2-9H,10H2,1H3,(H2,16,17). The van der Waals surface area contributed by atoms with Crippen molar-refractivity contribution in [1.82, 2.24) is 0 Å². The number of nitro groups is 1. The molecule has 0 saturated carbocycles. The van der Waals surface area contributed by atoms with Crippen molar-refractivity contribution >= 4 is 32.7 Å². The van der Waals surface area contributed by atoms with Crippen molar-refractivity contribution in [2.45, 2.75) is 10.6 Å². The van der Waals surface area contributed by atoms with Crippen molar-refractivity contribution in [2.24, 2.45) is 10.7 Å². The smallest absolute Gasteiger partial charge is 0.339 e. The lowest BCUT2D eigenvalue weighted by Crippen LogP contribution is -2.10. The van der Waals surface area contributed by atoms with E-state index in [4.69, 9.17) is 9.92 Å². The summed E-state index contributed by atoms with van der Waals surface area (Å²) in [6, 6.07) is 11.0. The highest BCUT2D eigenvalue weighted by molar-refractivity contribution is 8.13. The van der Waals surface area contributed by atoms with Crippen LogP contribution in [-0.2, 0) is 15.9 Å². The first kappa shape index (κ1) is 18.7. The first-order valence-corrected chi connectivity index (χ1v) is 9.34. The number of nitrogens with zero attached hydrogens (tertiary/aromatic N) is 2. The van der Waals surface area contributed by atoms with Crippen LogP contribution in [0, 0.1) is 10.1 Å². The number of amidine groups is 1. The molecular formula is C15H15N3O5S2. The van der Waals surface area contributed by atoms with Crippen LogP contribution in [-0.4, -0.2) is 25.6 Å². The Morgan fingerprint density at radius 3 is 2.32 bits per heavy atom. The van der Waals surface area contributed by atoms with Gasteiger partial charge in [-0.1, -0.05) is 23.9 Å². The Morgan fingerprint density at radius 2 is 1.80 bits per heavy atom. The molecule has 0 aliphatic heterocycles. The van der Waals surface area contributed by atoms with Crippen LogP contribution >= 0.6 is 11.8 Å². The van der Waals surface area contributed by atoms with Crippen molar-refractivity contribution in [3.8, 4) is 5.75 Å². The van der Waals surface area contributed by atoms with Crippen LogP contribution in [0.1, 0.15) is 5.56 Å². The summed E-state index contributed by atoms with van der Waals surface area (Å²) in [7, 11) is -2.43. The van der Waals surface area contributed by atoms with E-state index < -0.39 is 15.0 Å². The average molecular weight is 381 g/mol. The van der Waals surface area contributed by atoms with Crippen LogP contribution in [0.5, 0.6) is 5.75 Å². The normalized spacial score (nSPS) is 12.0. The van der Waals surface area contributed by atoms with Gasteiger partial charge in [0.2, 0.25) is 0 Å². The number of non-ortho nitro benzene ring substituents is 1. The summed E-state index contributed by atoms with van der Waals surface area (Å²) in [4.78, 5) is 13.8. The van der Waals surface area contributed by atoms with E-state index in [9.17, 15) is 18.5 Å². The Balaban J connectivity index is 2.09.